The first kappa shape index (κ1) is 19.8. The Balaban J connectivity index is 1.73. The van der Waals surface area contributed by atoms with E-state index < -0.39 is 0 Å². The van der Waals surface area contributed by atoms with Crippen LogP contribution in [0.5, 0.6) is 0 Å². The lowest BCUT2D eigenvalue weighted by Gasteiger charge is -2.12. The Hall–Kier alpha value is -2.56. The highest BCUT2D eigenvalue weighted by Gasteiger charge is 2.00. The van der Waals surface area contributed by atoms with Crippen LogP contribution in [0.3, 0.4) is 0 Å². The average Bonchev–Trinajstić information content (AvgIpc) is 2.64. The molecule has 1 aromatic heterocycles. The monoisotopic (exact) mass is 354 g/mol. The molecule has 0 aliphatic rings. The van der Waals surface area contributed by atoms with Gasteiger partial charge < -0.3 is 15.2 Å². The molecule has 0 saturated carbocycles. The fraction of sp³-hybridized carbons (Fsp3) is 0.429. The molecule has 0 aliphatic heterocycles. The Kier molecular flexibility index (Phi) is 8.46. The van der Waals surface area contributed by atoms with Gasteiger partial charge in [0.1, 0.15) is 0 Å². The summed E-state index contributed by atoms with van der Waals surface area (Å²) in [5.74, 6) is 0.858. The Morgan fingerprint density at radius 3 is 2.58 bits per heavy atom. The SMILES string of the molecule is CCNC(=NCCCCn1c(C)cccc1=O)NCCc1ccccc1. The number of nitrogens with zero attached hydrogens (tertiary/aromatic N) is 2. The third-order valence-electron chi connectivity index (χ3n) is 4.22. The van der Waals surface area contributed by atoms with Crippen molar-refractivity contribution in [2.24, 2.45) is 4.99 Å². The van der Waals surface area contributed by atoms with Crippen LogP contribution in [-0.2, 0) is 13.0 Å². The van der Waals surface area contributed by atoms with Crippen LogP contribution >= 0.6 is 0 Å². The molecular formula is C21H30N4O. The predicted octanol–water partition coefficient (Wildman–Crippen LogP) is 2.73. The van der Waals surface area contributed by atoms with Gasteiger partial charge in [0.05, 0.1) is 0 Å². The van der Waals surface area contributed by atoms with Gasteiger partial charge in [-0.2, -0.15) is 0 Å². The van der Waals surface area contributed by atoms with Crippen molar-refractivity contribution in [3.8, 4) is 0 Å². The van der Waals surface area contributed by atoms with E-state index in [1.165, 1.54) is 5.56 Å². The number of benzene rings is 1. The van der Waals surface area contributed by atoms with Crippen molar-refractivity contribution in [3.05, 3.63) is 70.1 Å². The second-order valence-electron chi connectivity index (χ2n) is 6.29. The van der Waals surface area contributed by atoms with Gasteiger partial charge in [-0.1, -0.05) is 36.4 Å². The van der Waals surface area contributed by atoms with Crippen molar-refractivity contribution in [1.29, 1.82) is 0 Å². The molecule has 0 atom stereocenters. The first-order valence-electron chi connectivity index (χ1n) is 9.43. The molecule has 2 N–H and O–H groups in total. The lowest BCUT2D eigenvalue weighted by Crippen LogP contribution is -2.38. The van der Waals surface area contributed by atoms with E-state index in [-0.39, 0.29) is 5.56 Å². The van der Waals surface area contributed by atoms with Gasteiger partial charge in [-0.3, -0.25) is 9.79 Å². The number of aryl methyl sites for hydroxylation is 1. The molecule has 0 unspecified atom stereocenters. The number of hydrogen-bond acceptors (Lipinski definition) is 2. The summed E-state index contributed by atoms with van der Waals surface area (Å²) in [6.45, 7) is 7.24. The molecule has 5 nitrogen and oxygen atoms in total. The van der Waals surface area contributed by atoms with Gasteiger partial charge >= 0.3 is 0 Å². The summed E-state index contributed by atoms with van der Waals surface area (Å²) in [5, 5.41) is 6.66. The van der Waals surface area contributed by atoms with Gasteiger partial charge in [0.15, 0.2) is 5.96 Å². The quantitative estimate of drug-likeness (QED) is 0.414. The molecule has 0 amide bonds. The van der Waals surface area contributed by atoms with Crippen molar-refractivity contribution < 1.29 is 0 Å². The normalized spacial score (nSPS) is 11.4. The molecule has 2 rings (SSSR count). The number of nitrogens with one attached hydrogen (secondary N) is 2. The van der Waals surface area contributed by atoms with E-state index in [1.54, 1.807) is 6.07 Å². The molecule has 0 fully saturated rings. The average molecular weight is 354 g/mol. The van der Waals surface area contributed by atoms with Crippen molar-refractivity contribution in [1.82, 2.24) is 15.2 Å². The fourth-order valence-corrected chi connectivity index (χ4v) is 2.79. The third kappa shape index (κ3) is 6.75. The Labute approximate surface area is 156 Å². The zero-order valence-corrected chi connectivity index (χ0v) is 15.9. The number of aliphatic imine (C=N–C) groups is 1. The number of rotatable bonds is 9. The molecule has 2 aromatic rings. The number of pyridine rings is 1. The summed E-state index contributed by atoms with van der Waals surface area (Å²) in [4.78, 5) is 16.5. The van der Waals surface area contributed by atoms with Crippen LogP contribution in [0, 0.1) is 6.92 Å². The van der Waals surface area contributed by atoms with Crippen molar-refractivity contribution in [2.45, 2.75) is 39.7 Å². The van der Waals surface area contributed by atoms with Crippen LogP contribution in [0.15, 0.2) is 58.3 Å². The van der Waals surface area contributed by atoms with Gasteiger partial charge in [-0.25, -0.2) is 0 Å². The highest BCUT2D eigenvalue weighted by Crippen LogP contribution is 1.99. The minimum Gasteiger partial charge on any atom is -0.357 e. The molecule has 140 valence electrons. The number of unbranched alkanes of at least 4 members (excludes halogenated alkanes) is 1. The summed E-state index contributed by atoms with van der Waals surface area (Å²) >= 11 is 0. The molecule has 26 heavy (non-hydrogen) atoms. The summed E-state index contributed by atoms with van der Waals surface area (Å²) in [6, 6.07) is 15.8. The Morgan fingerprint density at radius 2 is 1.85 bits per heavy atom. The number of guanidine groups is 1. The fourth-order valence-electron chi connectivity index (χ4n) is 2.79. The molecule has 0 saturated heterocycles. The maximum Gasteiger partial charge on any atom is 0.250 e. The van der Waals surface area contributed by atoms with Gasteiger partial charge in [0, 0.05) is 37.9 Å². The summed E-state index contributed by atoms with van der Waals surface area (Å²) in [7, 11) is 0. The zero-order chi connectivity index (χ0) is 18.6. The predicted molar refractivity (Wildman–Crippen MR) is 109 cm³/mol. The van der Waals surface area contributed by atoms with Crippen LogP contribution in [-0.4, -0.2) is 30.2 Å². The number of hydrogen-bond donors (Lipinski definition) is 2. The molecule has 0 aliphatic carbocycles. The zero-order valence-electron chi connectivity index (χ0n) is 15.9. The summed E-state index contributed by atoms with van der Waals surface area (Å²) < 4.78 is 1.83. The summed E-state index contributed by atoms with van der Waals surface area (Å²) in [5.41, 5.74) is 2.40. The second kappa shape index (κ2) is 11.1. The van der Waals surface area contributed by atoms with Gasteiger partial charge in [0.25, 0.3) is 5.56 Å². The minimum atomic E-state index is 0.0735. The van der Waals surface area contributed by atoms with Gasteiger partial charge in [0.2, 0.25) is 0 Å². The Morgan fingerprint density at radius 1 is 1.04 bits per heavy atom. The van der Waals surface area contributed by atoms with E-state index in [0.29, 0.717) is 0 Å². The van der Waals surface area contributed by atoms with Crippen LogP contribution in [0.1, 0.15) is 31.0 Å². The largest absolute Gasteiger partial charge is 0.357 e. The van der Waals surface area contributed by atoms with E-state index in [1.807, 2.05) is 29.7 Å². The molecule has 1 aromatic carbocycles. The van der Waals surface area contributed by atoms with E-state index in [4.69, 9.17) is 0 Å². The first-order chi connectivity index (χ1) is 12.7. The molecule has 0 radical (unpaired) electrons. The molecule has 0 spiro atoms. The van der Waals surface area contributed by atoms with Crippen LogP contribution < -0.4 is 16.2 Å². The van der Waals surface area contributed by atoms with Crippen LogP contribution in [0.4, 0.5) is 0 Å². The second-order valence-corrected chi connectivity index (χ2v) is 6.29. The standard InChI is InChI=1S/C21H30N4O/c1-3-22-21(24-16-14-19-11-5-4-6-12-19)23-15-7-8-17-25-18(2)10-9-13-20(25)26/h4-6,9-13H,3,7-8,14-17H2,1-2H3,(H2,22,23,24). The molecule has 0 bridgehead atoms. The van der Waals surface area contributed by atoms with Crippen LogP contribution in [0.2, 0.25) is 0 Å². The van der Waals surface area contributed by atoms with Crippen molar-refractivity contribution in [2.75, 3.05) is 19.6 Å². The molecule has 1 heterocycles. The van der Waals surface area contributed by atoms with E-state index in [0.717, 1.165) is 57.1 Å². The maximum atomic E-state index is 11.8. The van der Waals surface area contributed by atoms with Crippen LogP contribution in [0.25, 0.3) is 0 Å². The Bertz CT molecular complexity index is 737. The lowest BCUT2D eigenvalue weighted by atomic mass is 10.1. The first-order valence-corrected chi connectivity index (χ1v) is 9.43. The highest BCUT2D eigenvalue weighted by molar-refractivity contribution is 5.79. The lowest BCUT2D eigenvalue weighted by molar-refractivity contribution is 0.585. The van der Waals surface area contributed by atoms with E-state index >= 15 is 0 Å². The minimum absolute atomic E-state index is 0.0735. The molecule has 5 heteroatoms. The smallest absolute Gasteiger partial charge is 0.250 e. The number of aromatic nitrogens is 1. The maximum absolute atomic E-state index is 11.8. The van der Waals surface area contributed by atoms with Crippen molar-refractivity contribution >= 4 is 5.96 Å². The summed E-state index contributed by atoms with van der Waals surface area (Å²) in [6.07, 6.45) is 2.87. The van der Waals surface area contributed by atoms with Gasteiger partial charge in [-0.05, 0) is 44.7 Å². The third-order valence-corrected chi connectivity index (χ3v) is 4.22. The highest BCUT2D eigenvalue weighted by atomic mass is 16.1. The molecular weight excluding hydrogens is 324 g/mol. The van der Waals surface area contributed by atoms with E-state index in [2.05, 4.69) is 46.8 Å². The van der Waals surface area contributed by atoms with E-state index in [9.17, 15) is 4.79 Å². The topological polar surface area (TPSA) is 58.4 Å². The van der Waals surface area contributed by atoms with Gasteiger partial charge in [-0.15, -0.1) is 0 Å². The van der Waals surface area contributed by atoms with Crippen molar-refractivity contribution in [3.63, 3.8) is 0 Å².